The van der Waals surface area contributed by atoms with E-state index in [4.69, 9.17) is 0 Å². The molecule has 0 fully saturated rings. The summed E-state index contributed by atoms with van der Waals surface area (Å²) >= 11 is 0. The standard InChI is InChI=1S/C17H12O4/c1-12(17(20)21-16(19)11-18)14-9-5-6-10-15(14)13-7-3-2-4-8-13/h2-11H,1H2. The van der Waals surface area contributed by atoms with Crippen molar-refractivity contribution in [2.75, 3.05) is 0 Å². The molecule has 2 aromatic carbocycles. The second-order valence-corrected chi connectivity index (χ2v) is 4.22. The van der Waals surface area contributed by atoms with E-state index in [0.29, 0.717) is 5.56 Å². The van der Waals surface area contributed by atoms with Gasteiger partial charge in [-0.15, -0.1) is 0 Å². The second kappa shape index (κ2) is 6.43. The maximum Gasteiger partial charge on any atom is 0.379 e. The molecule has 0 amide bonds. The summed E-state index contributed by atoms with van der Waals surface area (Å²) in [6.45, 7) is 3.66. The van der Waals surface area contributed by atoms with Gasteiger partial charge in [0.2, 0.25) is 6.29 Å². The van der Waals surface area contributed by atoms with Gasteiger partial charge in [-0.1, -0.05) is 61.2 Å². The lowest BCUT2D eigenvalue weighted by atomic mass is 9.95. The molecule has 4 heteroatoms. The second-order valence-electron chi connectivity index (χ2n) is 4.22. The topological polar surface area (TPSA) is 60.4 Å². The minimum absolute atomic E-state index is 0.0182. The van der Waals surface area contributed by atoms with Crippen LogP contribution < -0.4 is 0 Å². The van der Waals surface area contributed by atoms with Gasteiger partial charge in [0, 0.05) is 0 Å². The molecule has 0 atom stereocenters. The van der Waals surface area contributed by atoms with Crippen LogP contribution in [0.25, 0.3) is 16.7 Å². The Bertz CT molecular complexity index is 702. The first kappa shape index (κ1) is 14.4. The molecule has 0 aromatic heterocycles. The van der Waals surface area contributed by atoms with Gasteiger partial charge in [0.15, 0.2) is 0 Å². The van der Waals surface area contributed by atoms with Gasteiger partial charge in [-0.05, 0) is 16.7 Å². The first-order chi connectivity index (χ1) is 10.1. The number of aldehydes is 1. The molecule has 2 aromatic rings. The molecular formula is C17H12O4. The summed E-state index contributed by atoms with van der Waals surface area (Å²) in [6, 6.07) is 16.6. The van der Waals surface area contributed by atoms with Gasteiger partial charge < -0.3 is 4.74 Å². The van der Waals surface area contributed by atoms with E-state index in [9.17, 15) is 14.4 Å². The number of carbonyl (C=O) groups is 3. The molecule has 0 aliphatic rings. The van der Waals surface area contributed by atoms with Crippen LogP contribution in [-0.4, -0.2) is 18.2 Å². The zero-order valence-corrected chi connectivity index (χ0v) is 11.1. The average molecular weight is 280 g/mol. The lowest BCUT2D eigenvalue weighted by molar-refractivity contribution is -0.157. The van der Waals surface area contributed by atoms with Crippen LogP contribution in [0.3, 0.4) is 0 Å². The molecule has 21 heavy (non-hydrogen) atoms. The fourth-order valence-electron chi connectivity index (χ4n) is 1.90. The predicted molar refractivity (Wildman–Crippen MR) is 78.1 cm³/mol. The van der Waals surface area contributed by atoms with E-state index < -0.39 is 11.9 Å². The highest BCUT2D eigenvalue weighted by Crippen LogP contribution is 2.28. The van der Waals surface area contributed by atoms with E-state index in [1.54, 1.807) is 12.1 Å². The minimum Gasteiger partial charge on any atom is -0.384 e. The number of rotatable bonds is 4. The molecule has 2 rings (SSSR count). The molecule has 0 spiro atoms. The first-order valence-electron chi connectivity index (χ1n) is 6.18. The number of carbonyl (C=O) groups excluding carboxylic acids is 3. The third-order valence-corrected chi connectivity index (χ3v) is 2.87. The highest BCUT2D eigenvalue weighted by atomic mass is 16.6. The SMILES string of the molecule is C=C(C(=O)OC(=O)C=O)c1ccccc1-c1ccccc1. The highest BCUT2D eigenvalue weighted by molar-refractivity contribution is 6.28. The first-order valence-corrected chi connectivity index (χ1v) is 6.18. The zero-order chi connectivity index (χ0) is 15.2. The van der Waals surface area contributed by atoms with Crippen molar-refractivity contribution >= 4 is 23.8 Å². The van der Waals surface area contributed by atoms with Gasteiger partial charge >= 0.3 is 11.9 Å². The third-order valence-electron chi connectivity index (χ3n) is 2.87. The Balaban J connectivity index is 2.37. The molecule has 0 saturated carbocycles. The summed E-state index contributed by atoms with van der Waals surface area (Å²) < 4.78 is 4.36. The molecule has 0 bridgehead atoms. The summed E-state index contributed by atoms with van der Waals surface area (Å²) in [5, 5.41) is 0. The molecule has 0 heterocycles. The van der Waals surface area contributed by atoms with Crippen molar-refractivity contribution in [3.8, 4) is 11.1 Å². The third kappa shape index (κ3) is 3.30. The summed E-state index contributed by atoms with van der Waals surface area (Å²) in [4.78, 5) is 32.9. The zero-order valence-electron chi connectivity index (χ0n) is 11.1. The van der Waals surface area contributed by atoms with Crippen molar-refractivity contribution in [1.29, 1.82) is 0 Å². The Labute approximate surface area is 121 Å². The van der Waals surface area contributed by atoms with Gasteiger partial charge in [0.25, 0.3) is 0 Å². The maximum atomic E-state index is 11.8. The van der Waals surface area contributed by atoms with Crippen LogP contribution in [-0.2, 0) is 19.1 Å². The van der Waals surface area contributed by atoms with Crippen LogP contribution in [0.2, 0.25) is 0 Å². The van der Waals surface area contributed by atoms with Crippen molar-refractivity contribution < 1.29 is 19.1 Å². The Morgan fingerprint density at radius 2 is 1.57 bits per heavy atom. The quantitative estimate of drug-likeness (QED) is 0.284. The summed E-state index contributed by atoms with van der Waals surface area (Å²) in [5.41, 5.74) is 2.26. The van der Waals surface area contributed by atoms with Crippen LogP contribution in [0, 0.1) is 0 Å². The van der Waals surface area contributed by atoms with Crippen molar-refractivity contribution in [1.82, 2.24) is 0 Å². The molecule has 0 radical (unpaired) electrons. The lowest BCUT2D eigenvalue weighted by Gasteiger charge is -2.10. The Morgan fingerprint density at radius 1 is 0.952 bits per heavy atom. The van der Waals surface area contributed by atoms with Crippen molar-refractivity contribution in [2.45, 2.75) is 0 Å². The van der Waals surface area contributed by atoms with Gasteiger partial charge in [0.05, 0.1) is 5.57 Å². The predicted octanol–water partition coefficient (Wildman–Crippen LogP) is 2.64. The van der Waals surface area contributed by atoms with Crippen LogP contribution in [0.1, 0.15) is 5.56 Å². The fourth-order valence-corrected chi connectivity index (χ4v) is 1.90. The Kier molecular flexibility index (Phi) is 4.41. The van der Waals surface area contributed by atoms with E-state index in [0.717, 1.165) is 11.1 Å². The highest BCUT2D eigenvalue weighted by Gasteiger charge is 2.18. The summed E-state index contributed by atoms with van der Waals surface area (Å²) in [5.74, 6) is -2.17. The monoisotopic (exact) mass is 280 g/mol. The van der Waals surface area contributed by atoms with E-state index >= 15 is 0 Å². The molecule has 104 valence electrons. The van der Waals surface area contributed by atoms with Crippen LogP contribution in [0.5, 0.6) is 0 Å². The largest absolute Gasteiger partial charge is 0.384 e. The van der Waals surface area contributed by atoms with E-state index in [1.807, 2.05) is 42.5 Å². The Hall–Kier alpha value is -3.01. The average Bonchev–Trinajstić information content (AvgIpc) is 2.54. The number of hydrogen-bond donors (Lipinski definition) is 0. The van der Waals surface area contributed by atoms with E-state index in [2.05, 4.69) is 11.3 Å². The van der Waals surface area contributed by atoms with Gasteiger partial charge in [-0.25, -0.2) is 9.59 Å². The van der Waals surface area contributed by atoms with Gasteiger partial charge in [-0.2, -0.15) is 0 Å². The van der Waals surface area contributed by atoms with Gasteiger partial charge in [0.1, 0.15) is 0 Å². The molecule has 0 N–H and O–H groups in total. The molecule has 0 aliphatic carbocycles. The molecule has 0 saturated heterocycles. The molecule has 4 nitrogen and oxygen atoms in total. The number of benzene rings is 2. The molecular weight excluding hydrogens is 268 g/mol. The smallest absolute Gasteiger partial charge is 0.379 e. The van der Waals surface area contributed by atoms with E-state index in [-0.39, 0.29) is 11.9 Å². The van der Waals surface area contributed by atoms with Crippen molar-refractivity contribution in [2.24, 2.45) is 0 Å². The fraction of sp³-hybridized carbons (Fsp3) is 0. The number of ether oxygens (including phenoxy) is 1. The molecule has 0 unspecified atom stereocenters. The number of esters is 2. The lowest BCUT2D eigenvalue weighted by Crippen LogP contribution is -2.14. The van der Waals surface area contributed by atoms with Gasteiger partial charge in [-0.3, -0.25) is 4.79 Å². The minimum atomic E-state index is -1.24. The van der Waals surface area contributed by atoms with Crippen molar-refractivity contribution in [3.63, 3.8) is 0 Å². The maximum absolute atomic E-state index is 11.8. The Morgan fingerprint density at radius 3 is 2.24 bits per heavy atom. The number of hydrogen-bond acceptors (Lipinski definition) is 4. The van der Waals surface area contributed by atoms with Crippen LogP contribution in [0.15, 0.2) is 61.2 Å². The van der Waals surface area contributed by atoms with Crippen LogP contribution >= 0.6 is 0 Å². The summed E-state index contributed by atoms with van der Waals surface area (Å²) in [7, 11) is 0. The molecule has 0 aliphatic heterocycles. The van der Waals surface area contributed by atoms with Crippen molar-refractivity contribution in [3.05, 3.63) is 66.7 Å². The normalized spacial score (nSPS) is 9.71. The summed E-state index contributed by atoms with van der Waals surface area (Å²) in [6.07, 6.45) is -0.0612. The van der Waals surface area contributed by atoms with Crippen LogP contribution in [0.4, 0.5) is 0 Å². The van der Waals surface area contributed by atoms with E-state index in [1.165, 1.54) is 0 Å².